The molecule has 134 valence electrons. The van der Waals surface area contributed by atoms with Crippen LogP contribution in [0.15, 0.2) is 41.7 Å². The van der Waals surface area contributed by atoms with E-state index >= 15 is 0 Å². The first-order valence-corrected chi connectivity index (χ1v) is 8.01. The molecule has 6 nitrogen and oxygen atoms in total. The summed E-state index contributed by atoms with van der Waals surface area (Å²) in [6.45, 7) is 0.560. The Morgan fingerprint density at radius 2 is 2.15 bits per heavy atom. The summed E-state index contributed by atoms with van der Waals surface area (Å²) < 4.78 is 30.9. The van der Waals surface area contributed by atoms with E-state index in [4.69, 9.17) is 11.0 Å². The van der Waals surface area contributed by atoms with E-state index in [1.165, 1.54) is 34.9 Å². The molecule has 2 rings (SSSR count). The normalized spacial score (nSPS) is 12.6. The molecule has 26 heavy (non-hydrogen) atoms. The lowest BCUT2D eigenvalue weighted by molar-refractivity contribution is -0.112. The van der Waals surface area contributed by atoms with E-state index in [0.29, 0.717) is 0 Å². The molecule has 1 aromatic carbocycles. The molecule has 0 fully saturated rings. The van der Waals surface area contributed by atoms with Crippen LogP contribution in [-0.2, 0) is 11.3 Å². The maximum absolute atomic E-state index is 12.6. The van der Waals surface area contributed by atoms with Crippen molar-refractivity contribution < 1.29 is 18.3 Å². The Labute approximate surface area is 150 Å². The van der Waals surface area contributed by atoms with Crippen molar-refractivity contribution in [2.24, 2.45) is 5.73 Å². The summed E-state index contributed by atoms with van der Waals surface area (Å²) in [7, 11) is 0. The van der Waals surface area contributed by atoms with Gasteiger partial charge >= 0.3 is 6.61 Å². The number of rotatable bonds is 6. The Kier molecular flexibility index (Phi) is 6.03. The number of hydrogen-bond acceptors (Lipinski definition) is 5. The number of thiazole rings is 1. The van der Waals surface area contributed by atoms with Crippen molar-refractivity contribution in [3.05, 3.63) is 62.0 Å². The van der Waals surface area contributed by atoms with E-state index in [-0.39, 0.29) is 32.6 Å². The van der Waals surface area contributed by atoms with E-state index in [1.807, 2.05) is 0 Å². The Bertz CT molecular complexity index is 1060. The number of carbonyl (C=O) groups excluding carboxylic acids is 1. The monoisotopic (exact) mass is 377 g/mol. The van der Waals surface area contributed by atoms with Crippen LogP contribution in [0, 0.1) is 11.3 Å². The molecule has 1 amide bonds. The molecule has 0 bridgehead atoms. The molecule has 0 saturated heterocycles. The van der Waals surface area contributed by atoms with Crippen molar-refractivity contribution in [1.82, 2.24) is 4.57 Å². The number of allylic oxidation sites excluding steroid dienone is 1. The van der Waals surface area contributed by atoms with Gasteiger partial charge in [0.15, 0.2) is 5.57 Å². The summed E-state index contributed by atoms with van der Waals surface area (Å²) in [5.41, 5.74) is 4.56. The summed E-state index contributed by atoms with van der Waals surface area (Å²) in [6.07, 6.45) is 2.77. The fourth-order valence-corrected chi connectivity index (χ4v) is 3.26. The molecule has 0 radical (unpaired) electrons. The van der Waals surface area contributed by atoms with Crippen LogP contribution in [-0.4, -0.2) is 17.1 Å². The molecule has 0 aliphatic carbocycles. The molecule has 2 aromatic rings. The van der Waals surface area contributed by atoms with E-state index < -0.39 is 18.1 Å². The number of aromatic nitrogens is 1. The van der Waals surface area contributed by atoms with Crippen molar-refractivity contribution in [1.29, 1.82) is 5.26 Å². The van der Waals surface area contributed by atoms with Gasteiger partial charge in [-0.15, -0.1) is 17.9 Å². The summed E-state index contributed by atoms with van der Waals surface area (Å²) in [5.74, 6) is -1.08. The number of para-hydroxylation sites is 1. The SMILES string of the molecule is C=CCn1c(=O)/c(=C/c2ccccc2OC(F)F)s/c1=C(/C#N)C(N)=O. The summed E-state index contributed by atoms with van der Waals surface area (Å²) in [5, 5.41) is 9.14. The molecule has 1 aromatic heterocycles. The number of nitriles is 1. The molecule has 0 aliphatic heterocycles. The number of ether oxygens (including phenoxy) is 1. The Hall–Kier alpha value is -3.25. The number of primary amides is 1. The second-order valence-electron chi connectivity index (χ2n) is 4.89. The van der Waals surface area contributed by atoms with Crippen molar-refractivity contribution in [2.75, 3.05) is 0 Å². The van der Waals surface area contributed by atoms with Gasteiger partial charge in [-0.25, -0.2) is 0 Å². The van der Waals surface area contributed by atoms with Gasteiger partial charge in [0, 0.05) is 12.1 Å². The summed E-state index contributed by atoms with van der Waals surface area (Å²) >= 11 is 0.853. The quantitative estimate of drug-likeness (QED) is 0.749. The Morgan fingerprint density at radius 1 is 1.46 bits per heavy atom. The molecule has 0 saturated carbocycles. The third-order valence-corrected chi connectivity index (χ3v) is 4.34. The Morgan fingerprint density at radius 3 is 2.73 bits per heavy atom. The van der Waals surface area contributed by atoms with Crippen LogP contribution < -0.4 is 25.2 Å². The minimum atomic E-state index is -3.02. The van der Waals surface area contributed by atoms with Crippen molar-refractivity contribution in [2.45, 2.75) is 13.2 Å². The number of nitrogens with two attached hydrogens (primary N) is 1. The number of halogens is 2. The number of alkyl halides is 2. The van der Waals surface area contributed by atoms with Gasteiger partial charge in [-0.05, 0) is 12.1 Å². The van der Waals surface area contributed by atoms with E-state index in [1.54, 1.807) is 12.1 Å². The van der Waals surface area contributed by atoms with E-state index in [9.17, 15) is 18.4 Å². The Balaban J connectivity index is 2.80. The molecular formula is C17H13F2N3O3S. The number of amides is 1. The van der Waals surface area contributed by atoms with Gasteiger partial charge in [0.2, 0.25) is 0 Å². The third-order valence-electron chi connectivity index (χ3n) is 3.21. The highest BCUT2D eigenvalue weighted by atomic mass is 32.1. The molecule has 1 heterocycles. The van der Waals surface area contributed by atoms with Crippen LogP contribution in [0.2, 0.25) is 0 Å². The van der Waals surface area contributed by atoms with Crippen LogP contribution in [0.4, 0.5) is 8.78 Å². The zero-order valence-electron chi connectivity index (χ0n) is 13.3. The molecule has 2 N–H and O–H groups in total. The molecule has 9 heteroatoms. The largest absolute Gasteiger partial charge is 0.434 e. The highest BCUT2D eigenvalue weighted by molar-refractivity contribution is 7.07. The van der Waals surface area contributed by atoms with Gasteiger partial charge < -0.3 is 10.5 Å². The third kappa shape index (κ3) is 4.04. The maximum Gasteiger partial charge on any atom is 0.387 e. The van der Waals surface area contributed by atoms with Crippen LogP contribution >= 0.6 is 11.3 Å². The molecule has 0 aliphatic rings. The lowest BCUT2D eigenvalue weighted by atomic mass is 10.2. The molecule has 0 atom stereocenters. The van der Waals surface area contributed by atoms with Gasteiger partial charge in [-0.2, -0.15) is 14.0 Å². The number of benzene rings is 1. The van der Waals surface area contributed by atoms with Gasteiger partial charge in [0.25, 0.3) is 11.5 Å². The first-order valence-electron chi connectivity index (χ1n) is 7.19. The van der Waals surface area contributed by atoms with Crippen molar-refractivity contribution in [3.63, 3.8) is 0 Å². The highest BCUT2D eigenvalue weighted by Gasteiger charge is 2.13. The van der Waals surface area contributed by atoms with Crippen LogP contribution in [0.5, 0.6) is 5.75 Å². The lowest BCUT2D eigenvalue weighted by Crippen LogP contribution is -2.33. The summed E-state index contributed by atoms with van der Waals surface area (Å²) in [6, 6.07) is 7.62. The van der Waals surface area contributed by atoms with E-state index in [2.05, 4.69) is 11.3 Å². The molecule has 0 unspecified atom stereocenters. The first kappa shape index (κ1) is 19.1. The van der Waals surface area contributed by atoms with Crippen molar-refractivity contribution >= 4 is 28.9 Å². The highest BCUT2D eigenvalue weighted by Crippen LogP contribution is 2.20. The van der Waals surface area contributed by atoms with Gasteiger partial charge in [-0.3, -0.25) is 14.2 Å². The van der Waals surface area contributed by atoms with Crippen molar-refractivity contribution in [3.8, 4) is 11.8 Å². The molecular weight excluding hydrogens is 364 g/mol. The predicted molar refractivity (Wildman–Crippen MR) is 92.9 cm³/mol. The number of nitrogens with zero attached hydrogens (tertiary/aromatic N) is 2. The lowest BCUT2D eigenvalue weighted by Gasteiger charge is -2.06. The fraction of sp³-hybridized carbons (Fsp3) is 0.118. The minimum Gasteiger partial charge on any atom is -0.434 e. The van der Waals surface area contributed by atoms with Gasteiger partial charge in [0.1, 0.15) is 16.5 Å². The summed E-state index contributed by atoms with van der Waals surface area (Å²) in [4.78, 5) is 24.0. The maximum atomic E-state index is 12.6. The number of carbonyl (C=O) groups is 1. The fourth-order valence-electron chi connectivity index (χ4n) is 2.15. The van der Waals surface area contributed by atoms with Crippen LogP contribution in [0.25, 0.3) is 11.6 Å². The van der Waals surface area contributed by atoms with Crippen LogP contribution in [0.3, 0.4) is 0 Å². The zero-order valence-corrected chi connectivity index (χ0v) is 14.1. The predicted octanol–water partition coefficient (Wildman–Crippen LogP) is 0.686. The minimum absolute atomic E-state index is 0.0478. The van der Waals surface area contributed by atoms with Gasteiger partial charge in [-0.1, -0.05) is 24.3 Å². The van der Waals surface area contributed by atoms with E-state index in [0.717, 1.165) is 11.3 Å². The van der Waals surface area contributed by atoms with Crippen LogP contribution in [0.1, 0.15) is 5.56 Å². The molecule has 0 spiro atoms. The van der Waals surface area contributed by atoms with Gasteiger partial charge in [0.05, 0.1) is 4.53 Å². The second kappa shape index (κ2) is 8.22. The first-order chi connectivity index (χ1) is 12.4. The number of hydrogen-bond donors (Lipinski definition) is 1. The zero-order chi connectivity index (χ0) is 19.3. The second-order valence-corrected chi connectivity index (χ2v) is 5.92. The average molecular weight is 377 g/mol. The average Bonchev–Trinajstić information content (AvgIpc) is 2.86. The smallest absolute Gasteiger partial charge is 0.387 e. The topological polar surface area (TPSA) is 98.1 Å². The standard InChI is InChI=1S/C17H13F2N3O3S/c1-2-7-22-15(24)13(26-16(22)11(9-20)14(21)23)8-10-5-3-4-6-12(10)25-17(18)19/h2-6,8,17H,1,7H2,(H2,21,23)/b13-8-,16-11-.